The lowest BCUT2D eigenvalue weighted by molar-refractivity contribution is -0.179. The molecule has 2 aliphatic rings. The van der Waals surface area contributed by atoms with Crippen LogP contribution in [0.2, 0.25) is 0 Å². The Labute approximate surface area is 142 Å². The van der Waals surface area contributed by atoms with Gasteiger partial charge in [0.2, 0.25) is 10.0 Å². The third-order valence-corrected chi connectivity index (χ3v) is 6.52. The molecular weight excluding hydrogens is 350 g/mol. The van der Waals surface area contributed by atoms with Crippen LogP contribution in [-0.2, 0) is 19.5 Å². The van der Waals surface area contributed by atoms with Crippen LogP contribution in [-0.4, -0.2) is 54.8 Å². The summed E-state index contributed by atoms with van der Waals surface area (Å²) in [4.78, 5) is 27.6. The van der Waals surface area contributed by atoms with Gasteiger partial charge in [0.25, 0.3) is 0 Å². The standard InChI is InChI=1S/C15H17N3O6S/c19-13-14(20)17-12-9-10(1-2-11(12)16-13)25(21,22)18-5-3-15(4-6-18)23-7-8-24-15/h1-2,9H,3-8H2,(H,16,19)(H,17,20). The van der Waals surface area contributed by atoms with Crippen LogP contribution in [0.1, 0.15) is 12.8 Å². The summed E-state index contributed by atoms with van der Waals surface area (Å²) in [7, 11) is -3.71. The topological polar surface area (TPSA) is 122 Å². The van der Waals surface area contributed by atoms with Crippen molar-refractivity contribution in [3.63, 3.8) is 0 Å². The maximum atomic E-state index is 12.9. The van der Waals surface area contributed by atoms with E-state index in [4.69, 9.17) is 9.47 Å². The smallest absolute Gasteiger partial charge is 0.314 e. The van der Waals surface area contributed by atoms with Crippen LogP contribution in [0.3, 0.4) is 0 Å². The van der Waals surface area contributed by atoms with Crippen molar-refractivity contribution >= 4 is 21.1 Å². The van der Waals surface area contributed by atoms with E-state index in [1.165, 1.54) is 22.5 Å². The van der Waals surface area contributed by atoms with Crippen LogP contribution in [0.4, 0.5) is 0 Å². The summed E-state index contributed by atoms with van der Waals surface area (Å²) in [5, 5.41) is 0. The van der Waals surface area contributed by atoms with Crippen molar-refractivity contribution in [3.05, 3.63) is 38.9 Å². The van der Waals surface area contributed by atoms with E-state index in [2.05, 4.69) is 9.97 Å². The first-order chi connectivity index (χ1) is 11.9. The molecule has 0 bridgehead atoms. The van der Waals surface area contributed by atoms with E-state index in [1.54, 1.807) is 0 Å². The van der Waals surface area contributed by atoms with E-state index < -0.39 is 26.9 Å². The molecule has 3 heterocycles. The number of benzene rings is 1. The fourth-order valence-electron chi connectivity index (χ4n) is 3.26. The van der Waals surface area contributed by atoms with Crippen molar-refractivity contribution in [3.8, 4) is 0 Å². The summed E-state index contributed by atoms with van der Waals surface area (Å²) >= 11 is 0. The molecule has 0 aliphatic carbocycles. The second-order valence-corrected chi connectivity index (χ2v) is 8.07. The van der Waals surface area contributed by atoms with Crippen LogP contribution < -0.4 is 11.1 Å². The Hall–Kier alpha value is -2.01. The van der Waals surface area contributed by atoms with Crippen molar-refractivity contribution in [1.82, 2.24) is 14.3 Å². The van der Waals surface area contributed by atoms with Crippen molar-refractivity contribution in [1.29, 1.82) is 0 Å². The minimum absolute atomic E-state index is 0.0620. The summed E-state index contributed by atoms with van der Waals surface area (Å²) < 4.78 is 38.3. The first-order valence-electron chi connectivity index (χ1n) is 7.94. The minimum Gasteiger partial charge on any atom is -0.347 e. The normalized spacial score (nSPS) is 21.1. The molecule has 134 valence electrons. The third kappa shape index (κ3) is 2.80. The van der Waals surface area contributed by atoms with E-state index in [-0.39, 0.29) is 10.4 Å². The molecule has 2 saturated heterocycles. The number of ether oxygens (including phenoxy) is 2. The van der Waals surface area contributed by atoms with Crippen LogP contribution in [0, 0.1) is 0 Å². The molecule has 2 aromatic rings. The van der Waals surface area contributed by atoms with E-state index >= 15 is 0 Å². The summed E-state index contributed by atoms with van der Waals surface area (Å²) in [5.74, 6) is -0.653. The Balaban J connectivity index is 1.64. The number of aromatic amines is 2. The predicted molar refractivity (Wildman–Crippen MR) is 87.8 cm³/mol. The second kappa shape index (κ2) is 5.77. The van der Waals surface area contributed by atoms with Crippen molar-refractivity contribution < 1.29 is 17.9 Å². The maximum absolute atomic E-state index is 12.9. The first-order valence-corrected chi connectivity index (χ1v) is 9.38. The number of sulfonamides is 1. The number of rotatable bonds is 2. The lowest BCUT2D eigenvalue weighted by Crippen LogP contribution is -2.47. The number of fused-ring (bicyclic) bond motifs is 1. The highest BCUT2D eigenvalue weighted by molar-refractivity contribution is 7.89. The zero-order valence-electron chi connectivity index (χ0n) is 13.3. The van der Waals surface area contributed by atoms with Gasteiger partial charge >= 0.3 is 11.1 Å². The molecule has 1 spiro atoms. The van der Waals surface area contributed by atoms with Gasteiger partial charge in [-0.05, 0) is 18.2 Å². The molecule has 2 aliphatic heterocycles. The SMILES string of the molecule is O=c1[nH]c2ccc(S(=O)(=O)N3CCC4(CC3)OCCO4)cc2[nH]c1=O. The third-order valence-electron chi connectivity index (χ3n) is 4.63. The van der Waals surface area contributed by atoms with E-state index in [0.717, 1.165) is 0 Å². The van der Waals surface area contributed by atoms with Gasteiger partial charge in [-0.1, -0.05) is 0 Å². The van der Waals surface area contributed by atoms with E-state index in [9.17, 15) is 18.0 Å². The average molecular weight is 367 g/mol. The zero-order chi connectivity index (χ0) is 17.7. The molecule has 0 radical (unpaired) electrons. The summed E-state index contributed by atoms with van der Waals surface area (Å²) in [6.07, 6.45) is 0.952. The van der Waals surface area contributed by atoms with Crippen LogP contribution >= 0.6 is 0 Å². The number of H-pyrrole nitrogens is 2. The molecule has 25 heavy (non-hydrogen) atoms. The van der Waals surface area contributed by atoms with Gasteiger partial charge in [0.05, 0.1) is 29.1 Å². The van der Waals surface area contributed by atoms with Crippen molar-refractivity contribution in [2.45, 2.75) is 23.5 Å². The quantitative estimate of drug-likeness (QED) is 0.706. The number of hydrogen-bond acceptors (Lipinski definition) is 6. The Morgan fingerprint density at radius 1 is 0.960 bits per heavy atom. The average Bonchev–Trinajstić information content (AvgIpc) is 3.04. The van der Waals surface area contributed by atoms with Crippen molar-refractivity contribution in [2.24, 2.45) is 0 Å². The Kier molecular flexibility index (Phi) is 3.80. The van der Waals surface area contributed by atoms with Gasteiger partial charge in [-0.25, -0.2) is 8.42 Å². The minimum atomic E-state index is -3.71. The molecule has 1 aromatic heterocycles. The highest BCUT2D eigenvalue weighted by Crippen LogP contribution is 2.33. The molecule has 0 unspecified atom stereocenters. The second-order valence-electron chi connectivity index (χ2n) is 6.13. The molecule has 9 nitrogen and oxygen atoms in total. The van der Waals surface area contributed by atoms with Gasteiger partial charge in [-0.2, -0.15) is 4.31 Å². The number of nitrogens with zero attached hydrogens (tertiary/aromatic N) is 1. The number of nitrogens with one attached hydrogen (secondary N) is 2. The Morgan fingerprint density at radius 2 is 1.56 bits per heavy atom. The van der Waals surface area contributed by atoms with Gasteiger partial charge in [-0.15, -0.1) is 0 Å². The number of hydrogen-bond donors (Lipinski definition) is 2. The lowest BCUT2D eigenvalue weighted by atomic mass is 10.1. The van der Waals surface area contributed by atoms with Gasteiger partial charge in [0, 0.05) is 25.9 Å². The fraction of sp³-hybridized carbons (Fsp3) is 0.467. The van der Waals surface area contributed by atoms with Gasteiger partial charge in [0.15, 0.2) is 5.79 Å². The molecule has 1 aromatic carbocycles. The Morgan fingerprint density at radius 3 is 2.20 bits per heavy atom. The van der Waals surface area contributed by atoms with Gasteiger partial charge < -0.3 is 19.4 Å². The molecule has 10 heteroatoms. The summed E-state index contributed by atoms with van der Waals surface area (Å²) in [6, 6.07) is 4.24. The zero-order valence-corrected chi connectivity index (χ0v) is 14.1. The summed E-state index contributed by atoms with van der Waals surface area (Å²) in [6.45, 7) is 1.65. The number of aromatic nitrogens is 2. The fourth-order valence-corrected chi connectivity index (χ4v) is 4.72. The van der Waals surface area contributed by atoms with Crippen molar-refractivity contribution in [2.75, 3.05) is 26.3 Å². The molecule has 4 rings (SSSR count). The first kappa shape index (κ1) is 16.5. The van der Waals surface area contributed by atoms with E-state index in [0.29, 0.717) is 44.7 Å². The number of piperidine rings is 1. The molecule has 0 amide bonds. The lowest BCUT2D eigenvalue weighted by Gasteiger charge is -2.36. The largest absolute Gasteiger partial charge is 0.347 e. The van der Waals surface area contributed by atoms with Crippen LogP contribution in [0.5, 0.6) is 0 Å². The van der Waals surface area contributed by atoms with Crippen LogP contribution in [0.15, 0.2) is 32.7 Å². The molecular formula is C15H17N3O6S. The monoisotopic (exact) mass is 367 g/mol. The predicted octanol–water partition coefficient (Wildman–Crippen LogP) is -0.256. The molecule has 2 fully saturated rings. The maximum Gasteiger partial charge on any atom is 0.314 e. The Bertz CT molecular complexity index is 1030. The molecule has 2 N–H and O–H groups in total. The highest BCUT2D eigenvalue weighted by Gasteiger charge is 2.42. The van der Waals surface area contributed by atoms with Crippen LogP contribution in [0.25, 0.3) is 11.0 Å². The van der Waals surface area contributed by atoms with E-state index in [1.807, 2.05) is 0 Å². The highest BCUT2D eigenvalue weighted by atomic mass is 32.2. The summed E-state index contributed by atoms with van der Waals surface area (Å²) in [5.41, 5.74) is -0.964. The van der Waals surface area contributed by atoms with Gasteiger partial charge in [-0.3, -0.25) is 9.59 Å². The molecule has 0 atom stereocenters. The van der Waals surface area contributed by atoms with Gasteiger partial charge in [0.1, 0.15) is 0 Å². The molecule has 0 saturated carbocycles.